The van der Waals surface area contributed by atoms with Crippen LogP contribution in [0, 0.1) is 11.6 Å². The fourth-order valence-corrected chi connectivity index (χ4v) is 7.20. The number of alkyl halides is 3. The van der Waals surface area contributed by atoms with Crippen molar-refractivity contribution in [2.75, 3.05) is 50.8 Å². The number of aromatic amines is 1. The zero-order chi connectivity index (χ0) is 36.1. The van der Waals surface area contributed by atoms with Crippen molar-refractivity contribution in [3.8, 4) is 28.3 Å². The van der Waals surface area contributed by atoms with Gasteiger partial charge in [-0.1, -0.05) is 6.07 Å². The lowest BCUT2D eigenvalue weighted by atomic mass is 9.95. The van der Waals surface area contributed by atoms with Crippen molar-refractivity contribution >= 4 is 22.6 Å². The normalized spacial score (nSPS) is 17.8. The Morgan fingerprint density at radius 1 is 0.942 bits per heavy atom. The Balaban J connectivity index is 1.08. The van der Waals surface area contributed by atoms with Gasteiger partial charge in [0.25, 0.3) is 12.3 Å². The molecular weight excluding hydrogens is 683 g/mol. The summed E-state index contributed by atoms with van der Waals surface area (Å²) in [7, 11) is 0. The van der Waals surface area contributed by atoms with Gasteiger partial charge in [-0.25, -0.2) is 26.9 Å². The van der Waals surface area contributed by atoms with Gasteiger partial charge >= 0.3 is 0 Å². The maximum atomic E-state index is 15.5. The largest absolute Gasteiger partial charge is 0.491 e. The molecule has 2 fully saturated rings. The van der Waals surface area contributed by atoms with E-state index in [1.165, 1.54) is 17.0 Å². The van der Waals surface area contributed by atoms with Gasteiger partial charge in [0, 0.05) is 56.1 Å². The number of carbonyl (C=O) groups excluding carboxylic acids is 1. The van der Waals surface area contributed by atoms with Crippen LogP contribution in [0.2, 0.25) is 0 Å². The predicted molar refractivity (Wildman–Crippen MR) is 184 cm³/mol. The number of nitrogens with one attached hydrogen (secondary N) is 1. The first-order valence-corrected chi connectivity index (χ1v) is 17.2. The number of halogens is 5. The van der Waals surface area contributed by atoms with Gasteiger partial charge < -0.3 is 19.7 Å². The van der Waals surface area contributed by atoms with Gasteiger partial charge in [0.05, 0.1) is 36.8 Å². The number of rotatable bonds is 9. The molecule has 0 atom stereocenters. The van der Waals surface area contributed by atoms with Crippen molar-refractivity contribution in [2.24, 2.45) is 0 Å². The van der Waals surface area contributed by atoms with Crippen LogP contribution in [0.3, 0.4) is 0 Å². The Bertz CT molecular complexity index is 2150. The summed E-state index contributed by atoms with van der Waals surface area (Å²) < 4.78 is 76.9. The molecular formula is C38H35F5N6O3. The van der Waals surface area contributed by atoms with Crippen LogP contribution in [0.4, 0.5) is 27.6 Å². The molecule has 5 heterocycles. The van der Waals surface area contributed by atoms with Gasteiger partial charge in [-0.15, -0.1) is 0 Å². The number of piperazine rings is 1. The highest BCUT2D eigenvalue weighted by Gasteiger charge is 2.46. The molecule has 9 nitrogen and oxygen atoms in total. The summed E-state index contributed by atoms with van der Waals surface area (Å²) in [5.74, 6) is -2.48. The van der Waals surface area contributed by atoms with Crippen LogP contribution < -0.4 is 9.64 Å². The minimum atomic E-state index is -2.34. The zero-order valence-electron chi connectivity index (χ0n) is 28.0. The highest BCUT2D eigenvalue weighted by molar-refractivity contribution is 6.09. The molecule has 270 valence electrons. The second-order valence-electron chi connectivity index (χ2n) is 13.5. The number of benzene rings is 2. The third-order valence-electron chi connectivity index (χ3n) is 10.1. The number of fused-ring (bicyclic) bond motifs is 2. The number of pyridine rings is 2. The molecule has 2 aromatic carbocycles. The Labute approximate surface area is 295 Å². The maximum absolute atomic E-state index is 15.5. The number of anilines is 1. The van der Waals surface area contributed by atoms with Crippen LogP contribution in [0.25, 0.3) is 33.5 Å². The molecule has 0 spiro atoms. The van der Waals surface area contributed by atoms with Crippen LogP contribution in [0.5, 0.6) is 5.75 Å². The molecule has 3 aliphatic rings. The van der Waals surface area contributed by atoms with Gasteiger partial charge in [0.2, 0.25) is 0 Å². The number of nitrogens with zero attached hydrogens (tertiary/aromatic N) is 5. The van der Waals surface area contributed by atoms with E-state index in [0.29, 0.717) is 66.3 Å². The molecule has 5 aromatic rings. The first-order valence-electron chi connectivity index (χ1n) is 17.2. The number of hydrogen-bond donors (Lipinski definition) is 2. The highest BCUT2D eigenvalue weighted by atomic mass is 19.3. The van der Waals surface area contributed by atoms with Crippen LogP contribution in [0.15, 0.2) is 60.9 Å². The second kappa shape index (κ2) is 13.6. The summed E-state index contributed by atoms with van der Waals surface area (Å²) in [5.41, 5.74) is 2.00. The smallest absolute Gasteiger partial charge is 0.265 e. The van der Waals surface area contributed by atoms with Gasteiger partial charge in [0.1, 0.15) is 40.9 Å². The summed E-state index contributed by atoms with van der Waals surface area (Å²) in [5, 5.41) is 11.3. The molecule has 8 rings (SSSR count). The Kier molecular flexibility index (Phi) is 8.92. The molecule has 0 bridgehead atoms. The number of aromatic nitrogens is 3. The second-order valence-corrected chi connectivity index (χ2v) is 13.5. The zero-order valence-corrected chi connectivity index (χ0v) is 28.0. The molecule has 0 unspecified atom stereocenters. The van der Waals surface area contributed by atoms with Gasteiger partial charge in [-0.2, -0.15) is 0 Å². The number of hydrogen-bond acceptors (Lipinski definition) is 7. The number of aliphatic hydroxyl groups excluding tert-OH is 1. The number of amides is 1. The number of carbonyl (C=O) groups is 1. The number of H-pyrrole nitrogens is 1. The lowest BCUT2D eigenvalue weighted by molar-refractivity contribution is 0.0543. The molecule has 2 N–H and O–H groups in total. The van der Waals surface area contributed by atoms with Crippen LogP contribution >= 0.6 is 0 Å². The van der Waals surface area contributed by atoms with E-state index >= 15 is 8.78 Å². The molecule has 52 heavy (non-hydrogen) atoms. The molecule has 1 amide bonds. The first-order chi connectivity index (χ1) is 25.1. The number of aliphatic hydroxyl groups is 1. The third-order valence-corrected chi connectivity index (χ3v) is 10.1. The molecule has 0 radical (unpaired) electrons. The third kappa shape index (κ3) is 6.50. The van der Waals surface area contributed by atoms with Crippen molar-refractivity contribution in [2.45, 2.75) is 38.1 Å². The van der Waals surface area contributed by atoms with Crippen LogP contribution in [0.1, 0.15) is 39.9 Å². The summed E-state index contributed by atoms with van der Waals surface area (Å²) in [6, 6.07) is 12.1. The van der Waals surface area contributed by atoms with Crippen LogP contribution in [-0.4, -0.2) is 88.1 Å². The van der Waals surface area contributed by atoms with Crippen molar-refractivity contribution < 1.29 is 36.6 Å². The van der Waals surface area contributed by atoms with E-state index in [-0.39, 0.29) is 60.7 Å². The molecule has 1 saturated carbocycles. The van der Waals surface area contributed by atoms with Gasteiger partial charge in [-0.05, 0) is 77.6 Å². The fraction of sp³-hybridized carbons (Fsp3) is 0.342. The lowest BCUT2D eigenvalue weighted by Crippen LogP contribution is -2.47. The van der Waals surface area contributed by atoms with Crippen LogP contribution in [-0.2, 0) is 18.8 Å². The first kappa shape index (κ1) is 34.2. The topological polar surface area (TPSA) is 97.8 Å². The highest BCUT2D eigenvalue weighted by Crippen LogP contribution is 2.51. The molecule has 3 aromatic heterocycles. The Hall–Kier alpha value is -4.92. The van der Waals surface area contributed by atoms with E-state index in [1.54, 1.807) is 23.4 Å². The maximum Gasteiger partial charge on any atom is 0.265 e. The van der Waals surface area contributed by atoms with E-state index < -0.39 is 36.2 Å². The summed E-state index contributed by atoms with van der Waals surface area (Å²) in [6.07, 6.45) is 1.51. The van der Waals surface area contributed by atoms with Gasteiger partial charge in [0.15, 0.2) is 0 Å². The summed E-state index contributed by atoms with van der Waals surface area (Å²) in [4.78, 5) is 31.4. The molecule has 2 aliphatic heterocycles. The van der Waals surface area contributed by atoms with Crippen molar-refractivity contribution in [3.63, 3.8) is 0 Å². The average Bonchev–Trinajstić information content (AvgIpc) is 3.77. The van der Waals surface area contributed by atoms with Gasteiger partial charge in [-0.3, -0.25) is 19.6 Å². The van der Waals surface area contributed by atoms with Crippen molar-refractivity contribution in [1.82, 2.24) is 24.8 Å². The summed E-state index contributed by atoms with van der Waals surface area (Å²) >= 11 is 0. The quantitative estimate of drug-likeness (QED) is 0.169. The SMILES string of the molecule is O=C1c2c(F)cc(C3(F)CC3)cc2OCCN1c1cc(F)cc(-c2ccnc3[nH]c(-c4ccc(CN5CCN(CC(F)F)CC5)cn4)cc23)c1CO. The van der Waals surface area contributed by atoms with E-state index in [0.717, 1.165) is 17.7 Å². The predicted octanol–water partition coefficient (Wildman–Crippen LogP) is 6.44. The minimum absolute atomic E-state index is 0.0555. The molecule has 14 heteroatoms. The Morgan fingerprint density at radius 3 is 2.44 bits per heavy atom. The number of ether oxygens (including phenoxy) is 1. The molecule has 1 aliphatic carbocycles. The van der Waals surface area contributed by atoms with E-state index in [2.05, 4.69) is 19.9 Å². The fourth-order valence-electron chi connectivity index (χ4n) is 7.20. The van der Waals surface area contributed by atoms with Crippen molar-refractivity contribution in [3.05, 3.63) is 94.8 Å². The standard InChI is InChI=1S/C38H35F5N6O3/c39-24-15-26(28(21-50)32(16-24)49-11-12-52-33-14-23(38(43)4-5-38)13-29(40)35(33)37(49)51)25-3-6-44-36-27(25)17-31(46-36)30-2-1-22(18-45-30)19-47-7-9-48(10-8-47)20-34(41)42/h1-3,6,13-18,34,50H,4-5,7-12,19-21H2,(H,44,46). The Morgan fingerprint density at radius 2 is 1.73 bits per heavy atom. The van der Waals surface area contributed by atoms with Crippen molar-refractivity contribution in [1.29, 1.82) is 0 Å². The van der Waals surface area contributed by atoms with E-state index in [4.69, 9.17) is 4.74 Å². The summed E-state index contributed by atoms with van der Waals surface area (Å²) in [6.45, 7) is 2.27. The average molecular weight is 719 g/mol. The van der Waals surface area contributed by atoms with E-state index in [1.807, 2.05) is 18.2 Å². The monoisotopic (exact) mass is 718 g/mol. The lowest BCUT2D eigenvalue weighted by Gasteiger charge is -2.34. The minimum Gasteiger partial charge on any atom is -0.491 e. The van der Waals surface area contributed by atoms with E-state index in [9.17, 15) is 23.1 Å². The molecule has 1 saturated heterocycles.